The number of para-hydroxylation sites is 2. The van der Waals surface area contributed by atoms with Gasteiger partial charge in [-0.25, -0.2) is 4.98 Å². The van der Waals surface area contributed by atoms with Gasteiger partial charge in [-0.1, -0.05) is 40.2 Å². The molecule has 1 aromatic heterocycles. The number of fused-ring (bicyclic) bond motifs is 1. The predicted molar refractivity (Wildman–Crippen MR) is 108 cm³/mol. The zero-order valence-corrected chi connectivity index (χ0v) is 16.8. The third-order valence-electron chi connectivity index (χ3n) is 5.15. The number of hydrogen-bond donors (Lipinski definition) is 1. The summed E-state index contributed by atoms with van der Waals surface area (Å²) in [5.74, 6) is 0.876. The van der Waals surface area contributed by atoms with E-state index >= 15 is 0 Å². The maximum Gasteiger partial charge on any atom is 0.141 e. The molecule has 0 spiro atoms. The fourth-order valence-corrected chi connectivity index (χ4v) is 3.88. The maximum absolute atomic E-state index is 6.60. The number of ether oxygens (including phenoxy) is 1. The Labute approximate surface area is 162 Å². The van der Waals surface area contributed by atoms with Crippen LogP contribution < -0.4 is 0 Å². The SMILES string of the molecule is Cc1ccc(C(OC2CCN(C)CC2)c2nc3ccccc3[nH]2)cc1Br. The molecule has 1 N–H and O–H groups in total. The van der Waals surface area contributed by atoms with E-state index in [1.54, 1.807) is 0 Å². The lowest BCUT2D eigenvalue weighted by atomic mass is 10.0. The van der Waals surface area contributed by atoms with Crippen molar-refractivity contribution in [3.63, 3.8) is 0 Å². The molecule has 0 bridgehead atoms. The number of aromatic nitrogens is 2. The van der Waals surface area contributed by atoms with Crippen LogP contribution in [-0.4, -0.2) is 41.1 Å². The number of piperidine rings is 1. The summed E-state index contributed by atoms with van der Waals surface area (Å²) in [6.45, 7) is 4.26. The first-order valence-electron chi connectivity index (χ1n) is 9.15. The van der Waals surface area contributed by atoms with Crippen LogP contribution in [0, 0.1) is 6.92 Å². The minimum absolute atomic E-state index is 0.187. The first-order valence-corrected chi connectivity index (χ1v) is 9.94. The smallest absolute Gasteiger partial charge is 0.141 e. The Kier molecular flexibility index (Phi) is 5.11. The van der Waals surface area contributed by atoms with Gasteiger partial charge in [-0.2, -0.15) is 0 Å². The second-order valence-electron chi connectivity index (χ2n) is 7.17. The molecule has 0 aliphatic carbocycles. The number of nitrogens with one attached hydrogen (secondary N) is 1. The maximum atomic E-state index is 6.60. The van der Waals surface area contributed by atoms with Crippen molar-refractivity contribution in [1.29, 1.82) is 0 Å². The molecular formula is C21H24BrN3O. The van der Waals surface area contributed by atoms with Crippen molar-refractivity contribution in [2.45, 2.75) is 32.0 Å². The summed E-state index contributed by atoms with van der Waals surface area (Å²) in [5, 5.41) is 0. The quantitative estimate of drug-likeness (QED) is 0.665. The molecule has 1 aliphatic heterocycles. The van der Waals surface area contributed by atoms with Crippen LogP contribution in [0.2, 0.25) is 0 Å². The molecule has 0 saturated carbocycles. The molecule has 0 radical (unpaired) electrons. The van der Waals surface area contributed by atoms with Crippen molar-refractivity contribution in [2.75, 3.05) is 20.1 Å². The molecule has 4 nitrogen and oxygen atoms in total. The lowest BCUT2D eigenvalue weighted by Gasteiger charge is -2.31. The Hall–Kier alpha value is -1.69. The second-order valence-corrected chi connectivity index (χ2v) is 8.02. The highest BCUT2D eigenvalue weighted by Crippen LogP contribution is 2.32. The normalized spacial score (nSPS) is 17.7. The number of hydrogen-bond acceptors (Lipinski definition) is 3. The zero-order valence-electron chi connectivity index (χ0n) is 15.2. The monoisotopic (exact) mass is 413 g/mol. The van der Waals surface area contributed by atoms with Gasteiger partial charge in [0, 0.05) is 17.6 Å². The van der Waals surface area contributed by atoms with Gasteiger partial charge in [-0.15, -0.1) is 0 Å². The van der Waals surface area contributed by atoms with Gasteiger partial charge in [-0.05, 0) is 56.1 Å². The van der Waals surface area contributed by atoms with Gasteiger partial charge in [0.05, 0.1) is 17.1 Å². The van der Waals surface area contributed by atoms with E-state index in [-0.39, 0.29) is 12.2 Å². The van der Waals surface area contributed by atoms with Gasteiger partial charge < -0.3 is 14.6 Å². The van der Waals surface area contributed by atoms with E-state index in [1.165, 1.54) is 5.56 Å². The average Bonchev–Trinajstić information content (AvgIpc) is 3.07. The predicted octanol–water partition coefficient (Wildman–Crippen LogP) is 4.83. The Morgan fingerprint density at radius 1 is 1.19 bits per heavy atom. The average molecular weight is 414 g/mol. The third-order valence-corrected chi connectivity index (χ3v) is 6.00. The minimum atomic E-state index is -0.187. The fourth-order valence-electron chi connectivity index (χ4n) is 3.48. The Morgan fingerprint density at radius 3 is 2.69 bits per heavy atom. The number of likely N-dealkylation sites (tertiary alicyclic amines) is 1. The summed E-state index contributed by atoms with van der Waals surface area (Å²) in [5.41, 5.74) is 4.37. The summed E-state index contributed by atoms with van der Waals surface area (Å²) < 4.78 is 7.70. The lowest BCUT2D eigenvalue weighted by molar-refractivity contribution is -0.0264. The minimum Gasteiger partial charge on any atom is -0.362 e. The number of H-pyrrole nitrogens is 1. The van der Waals surface area contributed by atoms with Crippen molar-refractivity contribution < 1.29 is 4.74 Å². The van der Waals surface area contributed by atoms with Crippen molar-refractivity contribution in [3.05, 3.63) is 63.9 Å². The molecule has 3 aromatic rings. The van der Waals surface area contributed by atoms with Gasteiger partial charge in [0.1, 0.15) is 11.9 Å². The van der Waals surface area contributed by atoms with Gasteiger partial charge in [0.25, 0.3) is 0 Å². The van der Waals surface area contributed by atoms with E-state index in [4.69, 9.17) is 9.72 Å². The highest BCUT2D eigenvalue weighted by molar-refractivity contribution is 9.10. The molecule has 1 fully saturated rings. The van der Waals surface area contributed by atoms with Crippen molar-refractivity contribution >= 4 is 27.0 Å². The summed E-state index contributed by atoms with van der Waals surface area (Å²) in [4.78, 5) is 10.6. The molecular weight excluding hydrogens is 390 g/mol. The van der Waals surface area contributed by atoms with E-state index in [9.17, 15) is 0 Å². The fraction of sp³-hybridized carbons (Fsp3) is 0.381. The second kappa shape index (κ2) is 7.51. The number of benzene rings is 2. The lowest BCUT2D eigenvalue weighted by Crippen LogP contribution is -2.35. The summed E-state index contributed by atoms with van der Waals surface area (Å²) in [6.07, 6.45) is 2.18. The van der Waals surface area contributed by atoms with Crippen LogP contribution in [0.25, 0.3) is 11.0 Å². The van der Waals surface area contributed by atoms with Gasteiger partial charge in [0.2, 0.25) is 0 Å². The summed E-state index contributed by atoms with van der Waals surface area (Å²) in [6, 6.07) is 14.6. The number of imidazole rings is 1. The number of nitrogens with zero attached hydrogens (tertiary/aromatic N) is 2. The molecule has 0 amide bonds. The van der Waals surface area contributed by atoms with E-state index < -0.39 is 0 Å². The molecule has 2 heterocycles. The van der Waals surface area contributed by atoms with Crippen molar-refractivity contribution in [3.8, 4) is 0 Å². The van der Waals surface area contributed by atoms with Crippen LogP contribution in [-0.2, 0) is 4.74 Å². The number of aromatic amines is 1. The summed E-state index contributed by atoms with van der Waals surface area (Å²) in [7, 11) is 2.17. The first kappa shape index (κ1) is 17.7. The van der Waals surface area contributed by atoms with Crippen LogP contribution in [0.4, 0.5) is 0 Å². The number of halogens is 1. The van der Waals surface area contributed by atoms with Gasteiger partial charge in [0.15, 0.2) is 0 Å². The molecule has 1 saturated heterocycles. The number of rotatable bonds is 4. The Morgan fingerprint density at radius 2 is 1.96 bits per heavy atom. The highest BCUT2D eigenvalue weighted by atomic mass is 79.9. The standard InChI is InChI=1S/C21H24BrN3O/c1-14-7-8-15(13-17(14)22)20(26-16-9-11-25(2)12-10-16)21-23-18-5-3-4-6-19(18)24-21/h3-8,13,16,20H,9-12H2,1-2H3,(H,23,24). The Balaban J connectivity index is 1.69. The van der Waals surface area contributed by atoms with Gasteiger partial charge in [-0.3, -0.25) is 0 Å². The molecule has 4 rings (SSSR count). The van der Waals surface area contributed by atoms with Crippen LogP contribution in [0.5, 0.6) is 0 Å². The topological polar surface area (TPSA) is 41.1 Å². The third kappa shape index (κ3) is 3.70. The van der Waals surface area contributed by atoms with Gasteiger partial charge >= 0.3 is 0 Å². The van der Waals surface area contributed by atoms with E-state index in [0.717, 1.165) is 52.8 Å². The summed E-state index contributed by atoms with van der Waals surface area (Å²) >= 11 is 3.66. The molecule has 1 unspecified atom stereocenters. The highest BCUT2D eigenvalue weighted by Gasteiger charge is 2.26. The number of aryl methyl sites for hydroxylation is 1. The van der Waals surface area contributed by atoms with Crippen molar-refractivity contribution in [2.24, 2.45) is 0 Å². The van der Waals surface area contributed by atoms with E-state index in [0.29, 0.717) is 0 Å². The first-order chi connectivity index (χ1) is 12.6. The van der Waals surface area contributed by atoms with E-state index in [1.807, 2.05) is 18.2 Å². The largest absolute Gasteiger partial charge is 0.362 e. The molecule has 26 heavy (non-hydrogen) atoms. The molecule has 2 aromatic carbocycles. The molecule has 136 valence electrons. The molecule has 1 atom stereocenters. The molecule has 5 heteroatoms. The van der Waals surface area contributed by atoms with Crippen molar-refractivity contribution in [1.82, 2.24) is 14.9 Å². The van der Waals surface area contributed by atoms with Crippen LogP contribution >= 0.6 is 15.9 Å². The van der Waals surface area contributed by atoms with Crippen LogP contribution in [0.15, 0.2) is 46.9 Å². The zero-order chi connectivity index (χ0) is 18.1. The van der Waals surface area contributed by atoms with E-state index in [2.05, 4.69) is 64.1 Å². The van der Waals surface area contributed by atoms with Crippen LogP contribution in [0.3, 0.4) is 0 Å². The van der Waals surface area contributed by atoms with Crippen LogP contribution in [0.1, 0.15) is 35.9 Å². The Bertz CT molecular complexity index is 866. The molecule has 1 aliphatic rings.